The quantitative estimate of drug-likeness (QED) is 0.409. The molecule has 1 aliphatic rings. The number of aryl methyl sites for hydroxylation is 1. The number of hydrogen-bond acceptors (Lipinski definition) is 10. The van der Waals surface area contributed by atoms with Gasteiger partial charge >= 0.3 is 0 Å². The Labute approximate surface area is 205 Å². The third-order valence-electron chi connectivity index (χ3n) is 4.97. The molecule has 3 heterocycles. The number of aliphatic imine (C=N–C) groups is 1. The summed E-state index contributed by atoms with van der Waals surface area (Å²) in [4.78, 5) is 21.7. The summed E-state index contributed by atoms with van der Waals surface area (Å²) in [5.74, 6) is -0.629. The van der Waals surface area contributed by atoms with Crippen LogP contribution in [0.4, 0.5) is 11.4 Å². The van der Waals surface area contributed by atoms with E-state index in [-0.39, 0.29) is 45.8 Å². The summed E-state index contributed by atoms with van der Waals surface area (Å²) in [5, 5.41) is 15.3. The fraction of sp³-hybridized carbons (Fsp3) is 0.300. The maximum Gasteiger partial charge on any atom is 0.281 e. The van der Waals surface area contributed by atoms with E-state index in [1.54, 1.807) is 5.51 Å². The van der Waals surface area contributed by atoms with Gasteiger partial charge in [0.2, 0.25) is 10.0 Å². The Hall–Kier alpha value is -3.30. The first-order chi connectivity index (χ1) is 16.4. The molecule has 0 saturated heterocycles. The summed E-state index contributed by atoms with van der Waals surface area (Å²) >= 11 is 1.20. The molecular weight excluding hydrogens is 516 g/mol. The van der Waals surface area contributed by atoms with E-state index < -0.39 is 31.4 Å². The van der Waals surface area contributed by atoms with Gasteiger partial charge in [-0.15, -0.1) is 11.3 Å². The highest BCUT2D eigenvalue weighted by molar-refractivity contribution is 7.92. The van der Waals surface area contributed by atoms with Gasteiger partial charge in [0.05, 0.1) is 22.3 Å². The third-order valence-corrected chi connectivity index (χ3v) is 7.72. The van der Waals surface area contributed by atoms with Crippen LogP contribution in [-0.4, -0.2) is 48.8 Å². The van der Waals surface area contributed by atoms with E-state index in [4.69, 9.17) is 0 Å². The Morgan fingerprint density at radius 3 is 2.66 bits per heavy atom. The lowest BCUT2D eigenvalue weighted by molar-refractivity contribution is 0.444. The molecule has 0 atom stereocenters. The lowest BCUT2D eigenvalue weighted by Gasteiger charge is -2.20. The van der Waals surface area contributed by atoms with Crippen molar-refractivity contribution in [1.29, 1.82) is 0 Å². The van der Waals surface area contributed by atoms with Crippen molar-refractivity contribution >= 4 is 48.6 Å². The van der Waals surface area contributed by atoms with Gasteiger partial charge in [-0.3, -0.25) is 19.2 Å². The summed E-state index contributed by atoms with van der Waals surface area (Å²) in [6.07, 6.45) is 3.04. The number of aromatic nitrogens is 3. The van der Waals surface area contributed by atoms with Gasteiger partial charge in [0.1, 0.15) is 16.2 Å². The molecule has 0 amide bonds. The predicted octanol–water partition coefficient (Wildman–Crippen LogP) is 1.86. The standard InChI is InChI=1S/C20H22N6O6S3/c1-11(2)6-7-26-20(28)16(18(27)17(23-26)14-9-21-10-33-14)19-22-13-5-4-12(24-34(3,29)30)8-15(13)35(31,32)25-19/h4-5,8-11,24,27H,6-7H2,1-3H3,(H,22,25). The van der Waals surface area contributed by atoms with E-state index >= 15 is 0 Å². The van der Waals surface area contributed by atoms with Crippen LogP contribution in [0.3, 0.4) is 0 Å². The van der Waals surface area contributed by atoms with Crippen molar-refractivity contribution < 1.29 is 21.9 Å². The SMILES string of the molecule is CC(C)CCn1nc(-c2cncs2)c(O)c(C2=Nc3ccc(NS(C)(=O)=O)cc3S(=O)(=O)N2)c1=O. The van der Waals surface area contributed by atoms with Crippen molar-refractivity contribution in [3.63, 3.8) is 0 Å². The number of rotatable bonds is 7. The van der Waals surface area contributed by atoms with Crippen molar-refractivity contribution in [3.8, 4) is 16.3 Å². The zero-order valence-corrected chi connectivity index (χ0v) is 21.3. The largest absolute Gasteiger partial charge is 0.505 e. The van der Waals surface area contributed by atoms with Gasteiger partial charge < -0.3 is 5.11 Å². The van der Waals surface area contributed by atoms with Crippen molar-refractivity contribution in [2.24, 2.45) is 10.9 Å². The number of nitrogens with zero attached hydrogens (tertiary/aromatic N) is 4. The average molecular weight is 539 g/mol. The van der Waals surface area contributed by atoms with Crippen molar-refractivity contribution in [3.05, 3.63) is 45.8 Å². The summed E-state index contributed by atoms with van der Waals surface area (Å²) in [6, 6.07) is 3.77. The van der Waals surface area contributed by atoms with Gasteiger partial charge in [0, 0.05) is 18.4 Å². The van der Waals surface area contributed by atoms with Gasteiger partial charge in [-0.1, -0.05) is 13.8 Å². The van der Waals surface area contributed by atoms with E-state index in [1.165, 1.54) is 34.3 Å². The van der Waals surface area contributed by atoms with Crippen molar-refractivity contribution in [2.75, 3.05) is 11.0 Å². The topological polar surface area (TPSA) is 173 Å². The highest BCUT2D eigenvalue weighted by Crippen LogP contribution is 2.35. The molecule has 0 unspecified atom stereocenters. The van der Waals surface area contributed by atoms with E-state index in [9.17, 15) is 26.7 Å². The van der Waals surface area contributed by atoms with Crippen LogP contribution in [0.2, 0.25) is 0 Å². The second-order valence-electron chi connectivity index (χ2n) is 8.27. The zero-order chi connectivity index (χ0) is 25.5. The maximum atomic E-state index is 13.3. The van der Waals surface area contributed by atoms with Crippen LogP contribution >= 0.6 is 11.3 Å². The predicted molar refractivity (Wildman–Crippen MR) is 132 cm³/mol. The first-order valence-electron chi connectivity index (χ1n) is 10.3. The van der Waals surface area contributed by atoms with E-state index in [0.717, 1.165) is 12.3 Å². The molecule has 0 aliphatic carbocycles. The normalized spacial score (nSPS) is 14.8. The number of thiazole rings is 1. The summed E-state index contributed by atoms with van der Waals surface area (Å²) in [7, 11) is -7.90. The first-order valence-corrected chi connectivity index (χ1v) is 14.6. The Kier molecular flexibility index (Phi) is 6.42. The molecule has 15 heteroatoms. The number of benzene rings is 1. The molecule has 0 spiro atoms. The Morgan fingerprint density at radius 2 is 2.03 bits per heavy atom. The summed E-state index contributed by atoms with van der Waals surface area (Å²) in [5.41, 5.74) is 0.563. The number of aromatic hydroxyl groups is 1. The molecule has 12 nitrogen and oxygen atoms in total. The highest BCUT2D eigenvalue weighted by atomic mass is 32.2. The Morgan fingerprint density at radius 1 is 1.29 bits per heavy atom. The smallest absolute Gasteiger partial charge is 0.281 e. The first kappa shape index (κ1) is 24.8. The molecular formula is C20H22N6O6S3. The number of fused-ring (bicyclic) bond motifs is 1. The van der Waals surface area contributed by atoms with Crippen LogP contribution in [0, 0.1) is 5.92 Å². The molecule has 3 aromatic rings. The molecule has 0 radical (unpaired) electrons. The van der Waals surface area contributed by atoms with E-state index in [1.807, 2.05) is 13.8 Å². The van der Waals surface area contributed by atoms with Gasteiger partial charge in [-0.2, -0.15) is 5.10 Å². The lowest BCUT2D eigenvalue weighted by atomic mass is 10.1. The van der Waals surface area contributed by atoms with Gasteiger partial charge in [0.15, 0.2) is 11.6 Å². The second-order valence-corrected chi connectivity index (χ2v) is 12.6. The minimum Gasteiger partial charge on any atom is -0.505 e. The maximum absolute atomic E-state index is 13.3. The average Bonchev–Trinajstić information content (AvgIpc) is 3.27. The minimum absolute atomic E-state index is 0.0264. The molecule has 1 aliphatic heterocycles. The molecule has 0 bridgehead atoms. The molecule has 0 saturated carbocycles. The van der Waals surface area contributed by atoms with Gasteiger partial charge in [-0.25, -0.2) is 26.5 Å². The minimum atomic E-state index is -4.26. The van der Waals surface area contributed by atoms with E-state index in [2.05, 4.69) is 24.5 Å². The molecule has 0 fully saturated rings. The number of nitrogens with one attached hydrogen (secondary N) is 2. The van der Waals surface area contributed by atoms with Crippen LogP contribution in [0.1, 0.15) is 25.8 Å². The van der Waals surface area contributed by atoms with Crippen molar-refractivity contribution in [2.45, 2.75) is 31.7 Å². The van der Waals surface area contributed by atoms with Crippen LogP contribution in [0.25, 0.3) is 10.6 Å². The Bertz CT molecular complexity index is 1590. The number of sulfonamides is 2. The van der Waals surface area contributed by atoms with Crippen LogP contribution in [-0.2, 0) is 26.6 Å². The van der Waals surface area contributed by atoms with E-state index in [0.29, 0.717) is 11.3 Å². The highest BCUT2D eigenvalue weighted by Gasteiger charge is 2.31. The number of anilines is 1. The molecule has 35 heavy (non-hydrogen) atoms. The molecule has 4 rings (SSSR count). The van der Waals surface area contributed by atoms with Crippen LogP contribution < -0.4 is 15.0 Å². The zero-order valence-electron chi connectivity index (χ0n) is 18.9. The molecule has 1 aromatic carbocycles. The van der Waals surface area contributed by atoms with Crippen LogP contribution in [0.15, 0.2) is 44.6 Å². The monoisotopic (exact) mass is 538 g/mol. The Balaban J connectivity index is 1.90. The fourth-order valence-electron chi connectivity index (χ4n) is 3.34. The number of hydrogen-bond donors (Lipinski definition) is 3. The lowest BCUT2D eigenvalue weighted by Crippen LogP contribution is -2.39. The van der Waals surface area contributed by atoms with Gasteiger partial charge in [-0.05, 0) is 30.5 Å². The second kappa shape index (κ2) is 9.05. The molecule has 2 aromatic heterocycles. The van der Waals surface area contributed by atoms with Crippen LogP contribution in [0.5, 0.6) is 5.75 Å². The fourth-order valence-corrected chi connectivity index (χ4v) is 5.68. The third kappa shape index (κ3) is 5.21. The summed E-state index contributed by atoms with van der Waals surface area (Å²) < 4.78 is 54.7. The molecule has 186 valence electrons. The van der Waals surface area contributed by atoms with Crippen molar-refractivity contribution in [1.82, 2.24) is 19.5 Å². The van der Waals surface area contributed by atoms with Gasteiger partial charge in [0.25, 0.3) is 15.6 Å². The number of amidine groups is 1. The molecule has 3 N–H and O–H groups in total. The summed E-state index contributed by atoms with van der Waals surface area (Å²) in [6.45, 7) is 4.21.